The van der Waals surface area contributed by atoms with E-state index >= 15 is 0 Å². The van der Waals surface area contributed by atoms with Crippen LogP contribution >= 0.6 is 0 Å². The van der Waals surface area contributed by atoms with Gasteiger partial charge in [-0.25, -0.2) is 4.39 Å². The molecule has 0 unspecified atom stereocenters. The second kappa shape index (κ2) is 8.29. The van der Waals surface area contributed by atoms with Crippen LogP contribution in [-0.4, -0.2) is 25.7 Å². The Kier molecular flexibility index (Phi) is 5.85. The van der Waals surface area contributed by atoms with E-state index in [2.05, 4.69) is 5.32 Å². The van der Waals surface area contributed by atoms with Crippen molar-refractivity contribution in [3.05, 3.63) is 59.9 Å². The first kappa shape index (κ1) is 18.4. The number of carbonyl (C=O) groups excluding carboxylic acids is 1. The summed E-state index contributed by atoms with van der Waals surface area (Å²) in [6.45, 7) is 1.54. The number of nitrogens with one attached hydrogen (secondary N) is 1. The Hall–Kier alpha value is -2.44. The summed E-state index contributed by atoms with van der Waals surface area (Å²) in [4.78, 5) is 12.6. The van der Waals surface area contributed by atoms with Gasteiger partial charge in [0.1, 0.15) is 18.2 Å². The SMILES string of the molecule is NCC1(C(=O)Nc2ccc(OCc3ccccc3F)cc2)CCOCC1. The van der Waals surface area contributed by atoms with Crippen molar-refractivity contribution in [3.63, 3.8) is 0 Å². The Morgan fingerprint density at radius 1 is 1.15 bits per heavy atom. The third-order valence-corrected chi connectivity index (χ3v) is 4.79. The molecule has 3 N–H and O–H groups in total. The van der Waals surface area contributed by atoms with E-state index in [0.29, 0.717) is 49.6 Å². The first-order valence-corrected chi connectivity index (χ1v) is 8.68. The van der Waals surface area contributed by atoms with E-state index in [1.54, 1.807) is 42.5 Å². The highest BCUT2D eigenvalue weighted by atomic mass is 19.1. The van der Waals surface area contributed by atoms with E-state index in [4.69, 9.17) is 15.2 Å². The van der Waals surface area contributed by atoms with Gasteiger partial charge in [-0.05, 0) is 43.2 Å². The van der Waals surface area contributed by atoms with E-state index in [0.717, 1.165) is 0 Å². The molecule has 138 valence electrons. The van der Waals surface area contributed by atoms with Crippen LogP contribution < -0.4 is 15.8 Å². The molecule has 1 heterocycles. The summed E-state index contributed by atoms with van der Waals surface area (Å²) in [5, 5.41) is 2.92. The van der Waals surface area contributed by atoms with Crippen LogP contribution in [0.3, 0.4) is 0 Å². The summed E-state index contributed by atoms with van der Waals surface area (Å²) in [5.74, 6) is 0.231. The third-order valence-electron chi connectivity index (χ3n) is 4.79. The Balaban J connectivity index is 1.59. The minimum atomic E-state index is -0.571. The Labute approximate surface area is 152 Å². The standard InChI is InChI=1S/C20H23FN2O3/c21-18-4-2-1-3-15(18)13-26-17-7-5-16(6-8-17)23-19(24)20(14-22)9-11-25-12-10-20/h1-8H,9-14,22H2,(H,23,24). The third kappa shape index (κ3) is 4.20. The number of hydrogen-bond donors (Lipinski definition) is 2. The summed E-state index contributed by atoms with van der Waals surface area (Å²) < 4.78 is 24.5. The number of nitrogens with two attached hydrogens (primary N) is 1. The van der Waals surface area contributed by atoms with Crippen LogP contribution in [0, 0.1) is 11.2 Å². The lowest BCUT2D eigenvalue weighted by Crippen LogP contribution is -2.46. The lowest BCUT2D eigenvalue weighted by atomic mass is 9.79. The maximum absolute atomic E-state index is 13.6. The molecule has 1 amide bonds. The largest absolute Gasteiger partial charge is 0.489 e. The molecule has 1 saturated heterocycles. The van der Waals surface area contributed by atoms with Gasteiger partial charge in [0.2, 0.25) is 5.91 Å². The van der Waals surface area contributed by atoms with Gasteiger partial charge in [0.25, 0.3) is 0 Å². The molecule has 0 aromatic heterocycles. The van der Waals surface area contributed by atoms with Gasteiger partial charge < -0.3 is 20.5 Å². The molecule has 1 aliphatic rings. The summed E-state index contributed by atoms with van der Waals surface area (Å²) in [6, 6.07) is 13.5. The van der Waals surface area contributed by atoms with Crippen molar-refractivity contribution in [2.45, 2.75) is 19.4 Å². The van der Waals surface area contributed by atoms with Crippen molar-refractivity contribution in [1.29, 1.82) is 0 Å². The number of amides is 1. The Bertz CT molecular complexity index is 743. The van der Waals surface area contributed by atoms with Crippen molar-refractivity contribution in [1.82, 2.24) is 0 Å². The number of rotatable bonds is 6. The molecule has 2 aromatic carbocycles. The number of ether oxygens (including phenoxy) is 2. The van der Waals surface area contributed by atoms with Gasteiger partial charge in [-0.15, -0.1) is 0 Å². The summed E-state index contributed by atoms with van der Waals surface area (Å²) >= 11 is 0. The lowest BCUT2D eigenvalue weighted by Gasteiger charge is -2.34. The second-order valence-corrected chi connectivity index (χ2v) is 6.46. The van der Waals surface area contributed by atoms with Crippen molar-refractivity contribution >= 4 is 11.6 Å². The average Bonchev–Trinajstić information content (AvgIpc) is 2.69. The second-order valence-electron chi connectivity index (χ2n) is 6.46. The van der Waals surface area contributed by atoms with Gasteiger partial charge in [-0.2, -0.15) is 0 Å². The molecule has 1 fully saturated rings. The van der Waals surface area contributed by atoms with E-state index in [-0.39, 0.29) is 18.3 Å². The van der Waals surface area contributed by atoms with E-state index < -0.39 is 5.41 Å². The smallest absolute Gasteiger partial charge is 0.232 e. The molecule has 0 aliphatic carbocycles. The highest BCUT2D eigenvalue weighted by Gasteiger charge is 2.38. The maximum Gasteiger partial charge on any atom is 0.232 e. The molecule has 6 heteroatoms. The van der Waals surface area contributed by atoms with Crippen molar-refractivity contribution < 1.29 is 18.7 Å². The van der Waals surface area contributed by atoms with Gasteiger partial charge in [-0.1, -0.05) is 18.2 Å². The Morgan fingerprint density at radius 3 is 2.50 bits per heavy atom. The van der Waals surface area contributed by atoms with Crippen LogP contribution in [0.4, 0.5) is 10.1 Å². The van der Waals surface area contributed by atoms with Crippen LogP contribution in [0.15, 0.2) is 48.5 Å². The summed E-state index contributed by atoms with van der Waals surface area (Å²) in [5.41, 5.74) is 6.45. The Morgan fingerprint density at radius 2 is 1.85 bits per heavy atom. The summed E-state index contributed by atoms with van der Waals surface area (Å²) in [7, 11) is 0. The van der Waals surface area contributed by atoms with Crippen molar-refractivity contribution in [3.8, 4) is 5.75 Å². The topological polar surface area (TPSA) is 73.6 Å². The fourth-order valence-corrected chi connectivity index (χ4v) is 2.96. The minimum Gasteiger partial charge on any atom is -0.489 e. The number of halogens is 1. The van der Waals surface area contributed by atoms with Crippen LogP contribution in [0.25, 0.3) is 0 Å². The van der Waals surface area contributed by atoms with Gasteiger partial charge >= 0.3 is 0 Å². The van der Waals surface area contributed by atoms with Crippen molar-refractivity contribution in [2.24, 2.45) is 11.1 Å². The predicted octanol–water partition coefficient (Wildman–Crippen LogP) is 3.10. The molecule has 3 rings (SSSR count). The fourth-order valence-electron chi connectivity index (χ4n) is 2.96. The molecule has 5 nitrogen and oxygen atoms in total. The summed E-state index contributed by atoms with van der Waals surface area (Å²) in [6.07, 6.45) is 1.25. The van der Waals surface area contributed by atoms with Crippen LogP contribution in [0.1, 0.15) is 18.4 Å². The predicted molar refractivity (Wildman–Crippen MR) is 97.3 cm³/mol. The number of anilines is 1. The fraction of sp³-hybridized carbons (Fsp3) is 0.350. The van der Waals surface area contributed by atoms with Gasteiger partial charge in [0.05, 0.1) is 5.41 Å². The molecule has 2 aromatic rings. The number of benzene rings is 2. The molecule has 26 heavy (non-hydrogen) atoms. The normalized spacial score (nSPS) is 16.1. The van der Waals surface area contributed by atoms with Gasteiger partial charge in [0, 0.05) is 31.0 Å². The van der Waals surface area contributed by atoms with E-state index in [9.17, 15) is 9.18 Å². The monoisotopic (exact) mass is 358 g/mol. The van der Waals surface area contributed by atoms with Crippen molar-refractivity contribution in [2.75, 3.05) is 25.1 Å². The number of carbonyl (C=O) groups is 1. The quantitative estimate of drug-likeness (QED) is 0.832. The highest BCUT2D eigenvalue weighted by Crippen LogP contribution is 2.31. The average molecular weight is 358 g/mol. The van der Waals surface area contributed by atoms with Crippen LogP contribution in [-0.2, 0) is 16.1 Å². The molecular weight excluding hydrogens is 335 g/mol. The van der Waals surface area contributed by atoms with E-state index in [1.165, 1.54) is 6.07 Å². The first-order chi connectivity index (χ1) is 12.6. The molecule has 1 aliphatic heterocycles. The number of hydrogen-bond acceptors (Lipinski definition) is 4. The molecule has 0 atom stereocenters. The highest BCUT2D eigenvalue weighted by molar-refractivity contribution is 5.95. The zero-order valence-electron chi connectivity index (χ0n) is 14.5. The van der Waals surface area contributed by atoms with Crippen LogP contribution in [0.5, 0.6) is 5.75 Å². The minimum absolute atomic E-state index is 0.0803. The maximum atomic E-state index is 13.6. The molecule has 0 saturated carbocycles. The van der Waals surface area contributed by atoms with Gasteiger partial charge in [0.15, 0.2) is 0 Å². The zero-order valence-corrected chi connectivity index (χ0v) is 14.5. The molecule has 0 radical (unpaired) electrons. The zero-order chi connectivity index (χ0) is 18.4. The molecule has 0 spiro atoms. The first-order valence-electron chi connectivity index (χ1n) is 8.68. The molecule has 0 bridgehead atoms. The van der Waals surface area contributed by atoms with E-state index in [1.807, 2.05) is 0 Å². The van der Waals surface area contributed by atoms with Crippen LogP contribution in [0.2, 0.25) is 0 Å². The van der Waals surface area contributed by atoms with Gasteiger partial charge in [-0.3, -0.25) is 4.79 Å². The lowest BCUT2D eigenvalue weighted by molar-refractivity contribution is -0.130. The molecular formula is C20H23FN2O3.